The Morgan fingerprint density at radius 1 is 0.436 bits per heavy atom. The van der Waals surface area contributed by atoms with E-state index in [2.05, 4.69) is 102 Å². The highest BCUT2D eigenvalue weighted by Crippen LogP contribution is 2.42. The van der Waals surface area contributed by atoms with Gasteiger partial charge < -0.3 is 4.90 Å². The second-order valence-corrected chi connectivity index (χ2v) is 13.4. The van der Waals surface area contributed by atoms with Crippen molar-refractivity contribution < 1.29 is 13.2 Å². The lowest BCUT2D eigenvalue weighted by molar-refractivity contribution is -0.137. The molecule has 0 amide bonds. The molecule has 0 aromatic heterocycles. The summed E-state index contributed by atoms with van der Waals surface area (Å²) in [7, 11) is -1.60. The quantitative estimate of drug-likeness (QED) is 0.168. The van der Waals surface area contributed by atoms with E-state index in [1.54, 1.807) is 12.1 Å². The maximum Gasteiger partial charge on any atom is 0.416 e. The number of rotatable bonds is 9. The fraction of sp³-hybridized carbons (Fsp3) is 0.0909. The van der Waals surface area contributed by atoms with Gasteiger partial charge in [0.1, 0.15) is 0 Å². The Hall–Kier alpha value is -3.45. The molecule has 0 fully saturated rings. The molecular formula is C33H28F3NP2. The predicted octanol–water partition coefficient (Wildman–Crippen LogP) is 7.69. The van der Waals surface area contributed by atoms with Crippen LogP contribution in [0.25, 0.3) is 0 Å². The van der Waals surface area contributed by atoms with E-state index in [0.29, 0.717) is 12.6 Å². The van der Waals surface area contributed by atoms with Crippen molar-refractivity contribution in [3.8, 4) is 0 Å². The third kappa shape index (κ3) is 6.95. The zero-order valence-corrected chi connectivity index (χ0v) is 23.0. The maximum absolute atomic E-state index is 13.4. The molecule has 5 rings (SSSR count). The van der Waals surface area contributed by atoms with E-state index in [9.17, 15) is 13.2 Å². The number of alkyl halides is 3. The summed E-state index contributed by atoms with van der Waals surface area (Å²) >= 11 is 0. The predicted molar refractivity (Wildman–Crippen MR) is 162 cm³/mol. The van der Waals surface area contributed by atoms with Gasteiger partial charge in [-0.3, -0.25) is 0 Å². The van der Waals surface area contributed by atoms with Gasteiger partial charge in [0, 0.05) is 18.3 Å². The van der Waals surface area contributed by atoms with Crippen molar-refractivity contribution in [1.82, 2.24) is 0 Å². The van der Waals surface area contributed by atoms with Crippen molar-refractivity contribution >= 4 is 42.7 Å². The zero-order valence-electron chi connectivity index (χ0n) is 21.2. The maximum atomic E-state index is 13.4. The Balaban J connectivity index is 1.58. The normalized spacial score (nSPS) is 11.6. The molecule has 0 atom stereocenters. The van der Waals surface area contributed by atoms with Crippen LogP contribution in [0.4, 0.5) is 18.9 Å². The van der Waals surface area contributed by atoms with Crippen LogP contribution in [0.15, 0.2) is 146 Å². The molecule has 0 aliphatic heterocycles. The Bertz CT molecular complexity index is 1270. The minimum atomic E-state index is -4.37. The Labute approximate surface area is 230 Å². The number of hydrogen-bond acceptors (Lipinski definition) is 1. The summed E-state index contributed by atoms with van der Waals surface area (Å²) in [5.74, 6) is 0. The molecule has 0 aliphatic rings. The van der Waals surface area contributed by atoms with Crippen LogP contribution in [0.5, 0.6) is 0 Å². The summed E-state index contributed by atoms with van der Waals surface area (Å²) in [5.41, 5.74) is 0.162. The summed E-state index contributed by atoms with van der Waals surface area (Å²) < 4.78 is 40.3. The summed E-state index contributed by atoms with van der Waals surface area (Å²) in [6.45, 7) is 0. The van der Waals surface area contributed by atoms with Crippen LogP contribution in [0.1, 0.15) is 5.56 Å². The van der Waals surface area contributed by atoms with Gasteiger partial charge in [0.2, 0.25) is 0 Å². The van der Waals surface area contributed by atoms with Crippen LogP contribution in [-0.4, -0.2) is 12.6 Å². The molecule has 5 aromatic rings. The van der Waals surface area contributed by atoms with Crippen molar-refractivity contribution in [3.05, 3.63) is 151 Å². The molecule has 5 aromatic carbocycles. The molecule has 0 bridgehead atoms. The number of halogens is 3. The van der Waals surface area contributed by atoms with Gasteiger partial charge in [-0.05, 0) is 61.3 Å². The van der Waals surface area contributed by atoms with Gasteiger partial charge in [0.25, 0.3) is 0 Å². The van der Waals surface area contributed by atoms with Gasteiger partial charge in [-0.15, -0.1) is 0 Å². The standard InChI is InChI=1S/C33H28F3NP2/c34-33(35,36)27-21-23-28(24-22-27)37(25-38(29-13-5-1-6-14-29)30-15-7-2-8-16-30)26-39(31-17-9-3-10-18-31)32-19-11-4-12-20-32/h1-24H,25-26H2. The largest absolute Gasteiger partial charge is 0.416 e. The molecule has 0 N–H and O–H groups in total. The van der Waals surface area contributed by atoms with Crippen molar-refractivity contribution in [3.63, 3.8) is 0 Å². The van der Waals surface area contributed by atoms with Crippen molar-refractivity contribution in [2.45, 2.75) is 6.18 Å². The molecular weight excluding hydrogens is 529 g/mol. The Kier molecular flexibility index (Phi) is 8.77. The van der Waals surface area contributed by atoms with E-state index >= 15 is 0 Å². The third-order valence-corrected chi connectivity index (χ3v) is 11.4. The molecule has 0 spiro atoms. The van der Waals surface area contributed by atoms with Gasteiger partial charge in [-0.1, -0.05) is 121 Å². The lowest BCUT2D eigenvalue weighted by Gasteiger charge is -2.34. The molecule has 0 unspecified atom stereocenters. The minimum Gasteiger partial charge on any atom is -0.362 e. The Morgan fingerprint density at radius 3 is 1.03 bits per heavy atom. The number of hydrogen-bond donors (Lipinski definition) is 0. The third-order valence-electron chi connectivity index (χ3n) is 6.46. The molecule has 0 saturated carbocycles. The van der Waals surface area contributed by atoms with Crippen LogP contribution >= 0.6 is 15.8 Å². The number of anilines is 1. The van der Waals surface area contributed by atoms with Crippen LogP contribution in [0, 0.1) is 0 Å². The van der Waals surface area contributed by atoms with E-state index in [1.165, 1.54) is 33.4 Å². The van der Waals surface area contributed by atoms with Crippen LogP contribution in [0.3, 0.4) is 0 Å². The fourth-order valence-corrected chi connectivity index (χ4v) is 9.21. The molecule has 0 radical (unpaired) electrons. The first-order chi connectivity index (χ1) is 19.0. The molecule has 6 heteroatoms. The second kappa shape index (κ2) is 12.6. The SMILES string of the molecule is FC(F)(F)c1ccc(N(CP(c2ccccc2)c2ccccc2)CP(c2ccccc2)c2ccccc2)cc1. The van der Waals surface area contributed by atoms with E-state index in [0.717, 1.165) is 5.69 Å². The topological polar surface area (TPSA) is 3.24 Å². The first kappa shape index (κ1) is 27.1. The van der Waals surface area contributed by atoms with Crippen LogP contribution < -0.4 is 26.1 Å². The molecule has 0 saturated heterocycles. The van der Waals surface area contributed by atoms with Gasteiger partial charge >= 0.3 is 6.18 Å². The highest BCUT2D eigenvalue weighted by Gasteiger charge is 2.30. The van der Waals surface area contributed by atoms with E-state index < -0.39 is 27.6 Å². The Morgan fingerprint density at radius 2 is 0.744 bits per heavy atom. The average molecular weight is 558 g/mol. The van der Waals surface area contributed by atoms with Gasteiger partial charge in [-0.25, -0.2) is 0 Å². The first-order valence-corrected chi connectivity index (χ1v) is 15.7. The first-order valence-electron chi connectivity index (χ1n) is 12.7. The monoisotopic (exact) mass is 557 g/mol. The average Bonchev–Trinajstić information content (AvgIpc) is 2.99. The minimum absolute atomic E-state index is 0.632. The smallest absolute Gasteiger partial charge is 0.362 e. The lowest BCUT2D eigenvalue weighted by Crippen LogP contribution is -2.32. The lowest BCUT2D eigenvalue weighted by atomic mass is 10.2. The summed E-state index contributed by atoms with van der Waals surface area (Å²) in [6.07, 6.45) is -2.99. The van der Waals surface area contributed by atoms with Crippen LogP contribution in [0.2, 0.25) is 0 Å². The van der Waals surface area contributed by atoms with E-state index in [4.69, 9.17) is 0 Å². The highest BCUT2D eigenvalue weighted by atomic mass is 31.1. The second-order valence-electron chi connectivity index (χ2n) is 9.07. The fourth-order valence-electron chi connectivity index (χ4n) is 4.47. The van der Waals surface area contributed by atoms with Gasteiger partial charge in [0.15, 0.2) is 0 Å². The summed E-state index contributed by atoms with van der Waals surface area (Å²) in [4.78, 5) is 2.29. The van der Waals surface area contributed by atoms with Gasteiger partial charge in [0.05, 0.1) is 5.56 Å². The molecule has 0 heterocycles. The molecule has 1 nitrogen and oxygen atoms in total. The highest BCUT2D eigenvalue weighted by molar-refractivity contribution is 7.74. The zero-order chi connectivity index (χ0) is 27.1. The molecule has 196 valence electrons. The number of nitrogens with zero attached hydrogens (tertiary/aromatic N) is 1. The van der Waals surface area contributed by atoms with E-state index in [-0.39, 0.29) is 0 Å². The van der Waals surface area contributed by atoms with Crippen molar-refractivity contribution in [2.24, 2.45) is 0 Å². The molecule has 39 heavy (non-hydrogen) atoms. The van der Waals surface area contributed by atoms with Crippen LogP contribution in [-0.2, 0) is 6.18 Å². The molecule has 0 aliphatic carbocycles. The summed E-state index contributed by atoms with van der Waals surface area (Å²) in [5, 5.41) is 4.94. The van der Waals surface area contributed by atoms with Crippen molar-refractivity contribution in [1.29, 1.82) is 0 Å². The number of benzene rings is 5. The van der Waals surface area contributed by atoms with Gasteiger partial charge in [-0.2, -0.15) is 13.2 Å². The van der Waals surface area contributed by atoms with Crippen molar-refractivity contribution in [2.75, 3.05) is 17.5 Å². The van der Waals surface area contributed by atoms with E-state index in [1.807, 2.05) is 24.3 Å². The summed E-state index contributed by atoms with van der Waals surface area (Å²) in [6, 6.07) is 47.3.